The average Bonchev–Trinajstić information content (AvgIpc) is 2.57. The van der Waals surface area contributed by atoms with E-state index in [4.69, 9.17) is 5.73 Å². The fourth-order valence-electron chi connectivity index (χ4n) is 2.32. The van der Waals surface area contributed by atoms with Crippen molar-refractivity contribution in [2.75, 3.05) is 0 Å². The molecule has 2 N–H and O–H groups in total. The molecule has 0 aliphatic carbocycles. The fourth-order valence-corrected chi connectivity index (χ4v) is 3.39. The number of carbonyl (C=O) groups is 1. The Morgan fingerprint density at radius 2 is 1.74 bits per heavy atom. The number of hydrogen-bond donors (Lipinski definition) is 1. The van der Waals surface area contributed by atoms with Crippen molar-refractivity contribution >= 4 is 23.2 Å². The molecule has 0 spiro atoms. The maximum Gasteiger partial charge on any atom is 0.242 e. The van der Waals surface area contributed by atoms with Crippen molar-refractivity contribution in [1.29, 1.82) is 0 Å². The summed E-state index contributed by atoms with van der Waals surface area (Å²) in [4.78, 5) is 12.5. The molecule has 19 heavy (non-hydrogen) atoms. The second-order valence-corrected chi connectivity index (χ2v) is 5.42. The lowest BCUT2D eigenvalue weighted by atomic mass is 9.94. The Hall–Kier alpha value is -2.00. The van der Waals surface area contributed by atoms with Gasteiger partial charge in [-0.15, -0.1) is 11.8 Å². The monoisotopic (exact) mass is 267 g/mol. The first-order valence-electron chi connectivity index (χ1n) is 6.07. The van der Waals surface area contributed by atoms with Gasteiger partial charge in [0, 0.05) is 16.7 Å². The van der Waals surface area contributed by atoms with Gasteiger partial charge in [-0.3, -0.25) is 4.79 Å². The van der Waals surface area contributed by atoms with Crippen LogP contribution in [0.2, 0.25) is 0 Å². The van der Waals surface area contributed by atoms with Crippen LogP contribution in [-0.2, 0) is 10.5 Å². The highest BCUT2D eigenvalue weighted by Gasteiger charge is 2.18. The number of hydrogen-bond acceptors (Lipinski definition) is 2. The molecule has 1 aliphatic heterocycles. The normalized spacial score (nSPS) is 15.5. The molecule has 0 atom stereocenters. The van der Waals surface area contributed by atoms with Crippen LogP contribution in [0, 0.1) is 0 Å². The van der Waals surface area contributed by atoms with Crippen molar-refractivity contribution in [3.05, 3.63) is 71.3 Å². The van der Waals surface area contributed by atoms with Gasteiger partial charge < -0.3 is 5.73 Å². The summed E-state index contributed by atoms with van der Waals surface area (Å²) in [7, 11) is 0. The van der Waals surface area contributed by atoms with E-state index in [-0.39, 0.29) is 0 Å². The maximum absolute atomic E-state index is 11.3. The van der Waals surface area contributed by atoms with E-state index in [9.17, 15) is 4.79 Å². The molecule has 1 aliphatic rings. The van der Waals surface area contributed by atoms with Crippen LogP contribution >= 0.6 is 11.8 Å². The number of rotatable bonds is 1. The minimum Gasteiger partial charge on any atom is -0.366 e. The van der Waals surface area contributed by atoms with Crippen LogP contribution in [0.15, 0.2) is 59.5 Å². The summed E-state index contributed by atoms with van der Waals surface area (Å²) in [6.07, 6.45) is 1.53. The Morgan fingerprint density at radius 1 is 1.05 bits per heavy atom. The molecule has 0 saturated carbocycles. The van der Waals surface area contributed by atoms with Crippen molar-refractivity contribution in [2.24, 2.45) is 5.73 Å². The molecular weight excluding hydrogens is 254 g/mol. The lowest BCUT2D eigenvalue weighted by Crippen LogP contribution is -2.08. The minimum atomic E-state index is -0.411. The van der Waals surface area contributed by atoms with Gasteiger partial charge in [0.2, 0.25) is 5.91 Å². The first-order chi connectivity index (χ1) is 9.25. The van der Waals surface area contributed by atoms with E-state index in [1.807, 2.05) is 36.4 Å². The Balaban J connectivity index is 2.28. The van der Waals surface area contributed by atoms with E-state index in [0.717, 1.165) is 22.5 Å². The van der Waals surface area contributed by atoms with Crippen LogP contribution in [0.1, 0.15) is 16.7 Å². The largest absolute Gasteiger partial charge is 0.366 e. The Kier molecular flexibility index (Phi) is 3.13. The lowest BCUT2D eigenvalue weighted by Gasteiger charge is -2.10. The van der Waals surface area contributed by atoms with Crippen LogP contribution in [0.5, 0.6) is 0 Å². The smallest absolute Gasteiger partial charge is 0.242 e. The highest BCUT2D eigenvalue weighted by Crippen LogP contribution is 2.39. The van der Waals surface area contributed by atoms with Gasteiger partial charge in [0.05, 0.1) is 0 Å². The number of benzene rings is 2. The lowest BCUT2D eigenvalue weighted by molar-refractivity contribution is -0.113. The molecule has 0 radical (unpaired) electrons. The molecule has 0 unspecified atom stereocenters. The molecule has 3 heteroatoms. The molecule has 3 rings (SSSR count). The van der Waals surface area contributed by atoms with Crippen molar-refractivity contribution in [3.63, 3.8) is 0 Å². The molecule has 2 aromatic rings. The first-order valence-corrected chi connectivity index (χ1v) is 7.06. The van der Waals surface area contributed by atoms with Crippen LogP contribution < -0.4 is 5.73 Å². The Morgan fingerprint density at radius 3 is 2.53 bits per heavy atom. The van der Waals surface area contributed by atoms with Crippen molar-refractivity contribution in [1.82, 2.24) is 0 Å². The zero-order chi connectivity index (χ0) is 13.2. The molecule has 2 nitrogen and oxygen atoms in total. The predicted molar refractivity (Wildman–Crippen MR) is 78.7 cm³/mol. The SMILES string of the molecule is NC(=O)/C=C1/c2ccccc2CSc2ccccc21. The molecule has 0 saturated heterocycles. The van der Waals surface area contributed by atoms with Crippen molar-refractivity contribution in [2.45, 2.75) is 10.6 Å². The van der Waals surface area contributed by atoms with Gasteiger partial charge >= 0.3 is 0 Å². The van der Waals surface area contributed by atoms with Gasteiger partial charge in [0.25, 0.3) is 0 Å². The molecule has 1 heterocycles. The van der Waals surface area contributed by atoms with Crippen molar-refractivity contribution < 1.29 is 4.79 Å². The van der Waals surface area contributed by atoms with Gasteiger partial charge in [0.15, 0.2) is 0 Å². The molecule has 94 valence electrons. The minimum absolute atomic E-state index is 0.411. The number of fused-ring (bicyclic) bond motifs is 2. The van der Waals surface area contributed by atoms with E-state index >= 15 is 0 Å². The average molecular weight is 267 g/mol. The number of nitrogens with two attached hydrogens (primary N) is 1. The third kappa shape index (κ3) is 2.29. The summed E-state index contributed by atoms with van der Waals surface area (Å²) in [5.74, 6) is 0.495. The van der Waals surface area contributed by atoms with Gasteiger partial charge in [-0.25, -0.2) is 0 Å². The summed E-state index contributed by atoms with van der Waals surface area (Å²) in [5.41, 5.74) is 9.70. The molecule has 0 fully saturated rings. The quantitative estimate of drug-likeness (QED) is 0.806. The topological polar surface area (TPSA) is 43.1 Å². The molecule has 1 amide bonds. The molecule has 0 aromatic heterocycles. The van der Waals surface area contributed by atoms with Gasteiger partial charge in [0.1, 0.15) is 0 Å². The maximum atomic E-state index is 11.3. The number of amides is 1. The Labute approximate surface area is 116 Å². The summed E-state index contributed by atoms with van der Waals surface area (Å²) >= 11 is 1.79. The second-order valence-electron chi connectivity index (χ2n) is 4.40. The summed E-state index contributed by atoms with van der Waals surface area (Å²) in [6, 6.07) is 16.3. The summed E-state index contributed by atoms with van der Waals surface area (Å²) in [6.45, 7) is 0. The van der Waals surface area contributed by atoms with Gasteiger partial charge in [-0.2, -0.15) is 0 Å². The standard InChI is InChI=1S/C16H13NOS/c17-16(18)9-14-12-6-2-1-5-11(12)10-19-15-8-4-3-7-13(14)15/h1-9H,10H2,(H2,17,18)/b14-9-. The van der Waals surface area contributed by atoms with E-state index in [1.165, 1.54) is 16.5 Å². The zero-order valence-electron chi connectivity index (χ0n) is 10.3. The molecular formula is C16H13NOS. The number of carbonyl (C=O) groups excluding carboxylic acids is 1. The van der Waals surface area contributed by atoms with Gasteiger partial charge in [-0.05, 0) is 28.3 Å². The predicted octanol–water partition coefficient (Wildman–Crippen LogP) is 3.21. The van der Waals surface area contributed by atoms with E-state index < -0.39 is 5.91 Å². The summed E-state index contributed by atoms with van der Waals surface area (Å²) in [5, 5.41) is 0. The summed E-state index contributed by atoms with van der Waals surface area (Å²) < 4.78 is 0. The third-order valence-electron chi connectivity index (χ3n) is 3.15. The van der Waals surface area contributed by atoms with Crippen molar-refractivity contribution in [3.8, 4) is 0 Å². The van der Waals surface area contributed by atoms with E-state index in [1.54, 1.807) is 11.8 Å². The van der Waals surface area contributed by atoms with Crippen LogP contribution in [0.25, 0.3) is 5.57 Å². The van der Waals surface area contributed by atoms with E-state index in [2.05, 4.69) is 12.1 Å². The zero-order valence-corrected chi connectivity index (χ0v) is 11.1. The van der Waals surface area contributed by atoms with Gasteiger partial charge in [-0.1, -0.05) is 42.5 Å². The number of primary amides is 1. The Bertz CT molecular complexity index is 626. The first kappa shape index (κ1) is 12.1. The van der Waals surface area contributed by atoms with Crippen LogP contribution in [0.4, 0.5) is 0 Å². The third-order valence-corrected chi connectivity index (χ3v) is 4.28. The second kappa shape index (κ2) is 4.94. The van der Waals surface area contributed by atoms with Crippen LogP contribution in [0.3, 0.4) is 0 Å². The molecule has 2 aromatic carbocycles. The van der Waals surface area contributed by atoms with Crippen LogP contribution in [-0.4, -0.2) is 5.91 Å². The van der Waals surface area contributed by atoms with E-state index in [0.29, 0.717) is 0 Å². The highest BCUT2D eigenvalue weighted by molar-refractivity contribution is 7.98. The number of thioether (sulfide) groups is 1. The molecule has 0 bridgehead atoms. The highest BCUT2D eigenvalue weighted by atomic mass is 32.2. The fraction of sp³-hybridized carbons (Fsp3) is 0.0625.